The van der Waals surface area contributed by atoms with Gasteiger partial charge >= 0.3 is 0 Å². The predicted octanol–water partition coefficient (Wildman–Crippen LogP) is 2.53. The van der Waals surface area contributed by atoms with E-state index in [0.717, 1.165) is 44.0 Å². The largest absolute Gasteiger partial charge is 0.497 e. The van der Waals surface area contributed by atoms with Gasteiger partial charge in [0.2, 0.25) is 0 Å². The van der Waals surface area contributed by atoms with Crippen LogP contribution in [0.2, 0.25) is 0 Å². The van der Waals surface area contributed by atoms with Gasteiger partial charge in [0, 0.05) is 38.4 Å². The lowest BCUT2D eigenvalue weighted by Gasteiger charge is -2.36. The maximum Gasteiger partial charge on any atom is 0.257 e. The molecular formula is C21H26N4O2. The molecule has 1 aromatic heterocycles. The summed E-state index contributed by atoms with van der Waals surface area (Å²) in [7, 11) is 1.69. The highest BCUT2D eigenvalue weighted by atomic mass is 16.5. The van der Waals surface area contributed by atoms with Crippen LogP contribution in [-0.2, 0) is 6.54 Å². The quantitative estimate of drug-likeness (QED) is 0.832. The second kappa shape index (κ2) is 7.64. The molecule has 3 aliphatic rings. The number of ether oxygens (including phenoxy) is 1. The maximum atomic E-state index is 13.1. The number of aryl methyl sites for hydroxylation is 1. The van der Waals surface area contributed by atoms with E-state index in [9.17, 15) is 4.79 Å². The second-order valence-corrected chi connectivity index (χ2v) is 7.62. The zero-order valence-corrected chi connectivity index (χ0v) is 16.0. The number of carbonyl (C=O) groups is 1. The highest BCUT2D eigenvalue weighted by Gasteiger charge is 2.37. The Balaban J connectivity index is 1.48. The van der Waals surface area contributed by atoms with Crippen LogP contribution in [0.25, 0.3) is 0 Å². The monoisotopic (exact) mass is 366 g/mol. The molecule has 6 heteroatoms. The fourth-order valence-corrected chi connectivity index (χ4v) is 4.30. The molecule has 3 aliphatic heterocycles. The molecule has 0 radical (unpaired) electrons. The van der Waals surface area contributed by atoms with Crippen LogP contribution < -0.4 is 4.74 Å². The van der Waals surface area contributed by atoms with Crippen LogP contribution in [0.1, 0.15) is 34.5 Å². The third-order valence-electron chi connectivity index (χ3n) is 5.76. The number of hydrogen-bond acceptors (Lipinski definition) is 5. The van der Waals surface area contributed by atoms with Gasteiger partial charge in [-0.25, -0.2) is 9.97 Å². The lowest BCUT2D eigenvalue weighted by Crippen LogP contribution is -2.47. The number of methoxy groups -OCH3 is 1. The molecule has 3 saturated heterocycles. The van der Waals surface area contributed by atoms with Gasteiger partial charge in [0.25, 0.3) is 5.91 Å². The average Bonchev–Trinajstić information content (AvgIpc) is 2.99. The van der Waals surface area contributed by atoms with E-state index in [1.54, 1.807) is 13.3 Å². The number of benzene rings is 1. The van der Waals surface area contributed by atoms with Crippen LogP contribution in [0.4, 0.5) is 0 Å². The van der Waals surface area contributed by atoms with Crippen molar-refractivity contribution in [2.24, 2.45) is 5.92 Å². The van der Waals surface area contributed by atoms with Crippen LogP contribution in [0.3, 0.4) is 0 Å². The van der Waals surface area contributed by atoms with Crippen LogP contribution in [-0.4, -0.2) is 58.5 Å². The Hall–Kier alpha value is -2.47. The first-order valence-corrected chi connectivity index (χ1v) is 9.57. The van der Waals surface area contributed by atoms with Crippen molar-refractivity contribution in [2.75, 3.05) is 26.7 Å². The van der Waals surface area contributed by atoms with Crippen LogP contribution in [0.5, 0.6) is 5.75 Å². The number of amides is 1. The summed E-state index contributed by atoms with van der Waals surface area (Å²) in [6, 6.07) is 8.53. The third kappa shape index (κ3) is 3.81. The molecule has 2 bridgehead atoms. The van der Waals surface area contributed by atoms with Crippen molar-refractivity contribution in [1.29, 1.82) is 0 Å². The summed E-state index contributed by atoms with van der Waals surface area (Å²) in [5.74, 6) is 1.48. The Bertz CT molecular complexity index is 808. The molecule has 0 unspecified atom stereocenters. The molecule has 1 amide bonds. The Morgan fingerprint density at radius 2 is 2.00 bits per heavy atom. The van der Waals surface area contributed by atoms with Crippen molar-refractivity contribution in [1.82, 2.24) is 19.8 Å². The number of rotatable bonds is 4. The Kier molecular flexibility index (Phi) is 5.07. The summed E-state index contributed by atoms with van der Waals surface area (Å²) in [5.41, 5.74) is 2.67. The van der Waals surface area contributed by atoms with Crippen LogP contribution in [0.15, 0.2) is 36.8 Å². The average molecular weight is 366 g/mol. The molecule has 1 aromatic carbocycles. The number of hydrogen-bond donors (Lipinski definition) is 0. The predicted molar refractivity (Wildman–Crippen MR) is 103 cm³/mol. The molecular weight excluding hydrogens is 340 g/mol. The number of carbonyl (C=O) groups excluding carboxylic acids is 1. The van der Waals surface area contributed by atoms with E-state index in [2.05, 4.69) is 31.9 Å². The molecule has 2 atom stereocenters. The van der Waals surface area contributed by atoms with Crippen molar-refractivity contribution >= 4 is 5.91 Å². The van der Waals surface area contributed by atoms with E-state index in [4.69, 9.17) is 4.74 Å². The summed E-state index contributed by atoms with van der Waals surface area (Å²) >= 11 is 0. The molecule has 4 heterocycles. The second-order valence-electron chi connectivity index (χ2n) is 7.62. The molecule has 0 spiro atoms. The lowest BCUT2D eigenvalue weighted by molar-refractivity contribution is 0.0583. The Labute approximate surface area is 160 Å². The molecule has 27 heavy (non-hydrogen) atoms. The molecule has 0 aliphatic carbocycles. The van der Waals surface area contributed by atoms with Gasteiger partial charge in [0.15, 0.2) is 0 Å². The summed E-state index contributed by atoms with van der Waals surface area (Å²) in [6.45, 7) is 5.57. The molecule has 142 valence electrons. The molecule has 6 nitrogen and oxygen atoms in total. The fraction of sp³-hybridized carbons (Fsp3) is 0.476. The van der Waals surface area contributed by atoms with Gasteiger partial charge < -0.3 is 9.64 Å². The summed E-state index contributed by atoms with van der Waals surface area (Å²) in [4.78, 5) is 25.9. The normalized spacial score (nSPS) is 22.5. The van der Waals surface area contributed by atoms with E-state index in [-0.39, 0.29) is 11.9 Å². The first-order valence-electron chi connectivity index (χ1n) is 9.57. The van der Waals surface area contributed by atoms with E-state index < -0.39 is 0 Å². The third-order valence-corrected chi connectivity index (χ3v) is 5.76. The van der Waals surface area contributed by atoms with Gasteiger partial charge in [0.05, 0.1) is 18.4 Å². The minimum atomic E-state index is 0.0779. The zero-order chi connectivity index (χ0) is 18.8. The minimum absolute atomic E-state index is 0.0779. The number of fused-ring (bicyclic) bond motifs is 4. The van der Waals surface area contributed by atoms with E-state index in [0.29, 0.717) is 11.5 Å². The number of aromatic nitrogens is 2. The SMILES string of the molecule is COc1ccc(CN2C[C@@H]3CC[C@H](C2)N(C(=O)c2cncnc2C)C3)cc1. The van der Waals surface area contributed by atoms with Crippen LogP contribution >= 0.6 is 0 Å². The minimum Gasteiger partial charge on any atom is -0.497 e. The lowest BCUT2D eigenvalue weighted by atomic mass is 9.94. The molecule has 2 aromatic rings. The zero-order valence-electron chi connectivity index (χ0n) is 16.0. The summed E-state index contributed by atoms with van der Waals surface area (Å²) in [6.07, 6.45) is 5.41. The first kappa shape index (κ1) is 17.9. The number of nitrogens with zero attached hydrogens (tertiary/aromatic N) is 4. The van der Waals surface area contributed by atoms with E-state index in [1.165, 1.54) is 18.3 Å². The van der Waals surface area contributed by atoms with E-state index in [1.807, 2.05) is 19.1 Å². The fourth-order valence-electron chi connectivity index (χ4n) is 4.30. The molecule has 5 rings (SSSR count). The number of piperidine rings is 1. The highest BCUT2D eigenvalue weighted by molar-refractivity contribution is 5.95. The molecule has 0 saturated carbocycles. The smallest absolute Gasteiger partial charge is 0.257 e. The van der Waals surface area contributed by atoms with Gasteiger partial charge in [-0.15, -0.1) is 0 Å². The summed E-state index contributed by atoms with van der Waals surface area (Å²) < 4.78 is 5.25. The van der Waals surface area contributed by atoms with Gasteiger partial charge in [-0.05, 0) is 43.4 Å². The van der Waals surface area contributed by atoms with Crippen molar-refractivity contribution < 1.29 is 9.53 Å². The summed E-state index contributed by atoms with van der Waals surface area (Å²) in [5, 5.41) is 0. The maximum absolute atomic E-state index is 13.1. The van der Waals surface area contributed by atoms with Crippen molar-refractivity contribution in [3.63, 3.8) is 0 Å². The molecule has 0 N–H and O–H groups in total. The van der Waals surface area contributed by atoms with Gasteiger partial charge in [-0.2, -0.15) is 0 Å². The first-order chi connectivity index (χ1) is 13.1. The Morgan fingerprint density at radius 3 is 2.74 bits per heavy atom. The van der Waals surface area contributed by atoms with Gasteiger partial charge in [-0.1, -0.05) is 12.1 Å². The topological polar surface area (TPSA) is 58.6 Å². The Morgan fingerprint density at radius 1 is 1.19 bits per heavy atom. The van der Waals surface area contributed by atoms with Crippen molar-refractivity contribution in [2.45, 2.75) is 32.4 Å². The van der Waals surface area contributed by atoms with Crippen LogP contribution in [0, 0.1) is 12.8 Å². The van der Waals surface area contributed by atoms with E-state index >= 15 is 0 Å². The molecule has 3 fully saturated rings. The standard InChI is InChI=1S/C21H26N4O2/c1-15-20(9-22-14-23-15)21(26)25-12-17-3-6-18(25)13-24(11-17)10-16-4-7-19(27-2)8-5-16/h4-5,7-9,14,17-18H,3,6,10-13H2,1-2H3/t17-,18+/m0/s1. The van der Waals surface area contributed by atoms with Gasteiger partial charge in [-0.3, -0.25) is 9.69 Å². The van der Waals surface area contributed by atoms with Gasteiger partial charge in [0.1, 0.15) is 12.1 Å². The van der Waals surface area contributed by atoms with Crippen molar-refractivity contribution in [3.05, 3.63) is 53.6 Å². The highest BCUT2D eigenvalue weighted by Crippen LogP contribution is 2.30. The van der Waals surface area contributed by atoms with Crippen molar-refractivity contribution in [3.8, 4) is 5.75 Å².